The number of nitrogens with zero attached hydrogens (tertiary/aromatic N) is 3. The van der Waals surface area contributed by atoms with Crippen LogP contribution in [0.1, 0.15) is 18.6 Å². The van der Waals surface area contributed by atoms with E-state index in [2.05, 4.69) is 15.2 Å². The van der Waals surface area contributed by atoms with Crippen LogP contribution in [-0.2, 0) is 16.0 Å². The predicted octanol–water partition coefficient (Wildman–Crippen LogP) is 1.59. The maximum atomic E-state index is 12.6. The van der Waals surface area contributed by atoms with E-state index >= 15 is 0 Å². The second kappa shape index (κ2) is 10.8. The van der Waals surface area contributed by atoms with Crippen molar-refractivity contribution in [3.05, 3.63) is 24.2 Å². The Balaban J connectivity index is 0.00000243. The Morgan fingerprint density at radius 3 is 2.58 bits per heavy atom. The van der Waals surface area contributed by atoms with Gasteiger partial charge in [0.2, 0.25) is 5.91 Å². The van der Waals surface area contributed by atoms with Crippen LogP contribution in [0, 0.1) is 5.92 Å². The lowest BCUT2D eigenvalue weighted by Crippen LogP contribution is -2.50. The number of hydrogen-bond donors (Lipinski definition) is 1. The topological polar surface area (TPSA) is 70.3 Å². The fourth-order valence-electron chi connectivity index (χ4n) is 3.46. The van der Waals surface area contributed by atoms with Crippen LogP contribution in [0.3, 0.4) is 0 Å². The van der Waals surface area contributed by atoms with Gasteiger partial charge < -0.3 is 24.3 Å². The van der Waals surface area contributed by atoms with Gasteiger partial charge in [0.25, 0.3) is 0 Å². The zero-order chi connectivity index (χ0) is 17.5. The molecule has 1 amide bonds. The van der Waals surface area contributed by atoms with Crippen molar-refractivity contribution < 1.29 is 13.9 Å². The maximum absolute atomic E-state index is 12.6. The average molecular weight is 476 g/mol. The number of morpholine rings is 1. The molecule has 8 heteroatoms. The van der Waals surface area contributed by atoms with Crippen molar-refractivity contribution in [3.63, 3.8) is 0 Å². The van der Waals surface area contributed by atoms with Gasteiger partial charge in [-0.05, 0) is 25.0 Å². The van der Waals surface area contributed by atoms with Crippen molar-refractivity contribution in [2.45, 2.75) is 19.3 Å². The van der Waals surface area contributed by atoms with Crippen LogP contribution in [0.4, 0.5) is 0 Å². The van der Waals surface area contributed by atoms with Crippen molar-refractivity contribution in [1.82, 2.24) is 15.1 Å². The molecule has 0 atom stereocenters. The Hall–Kier alpha value is -1.29. The molecular formula is C18H29IN4O3. The number of aliphatic imine (C=N–C) groups is 1. The molecule has 2 aliphatic rings. The van der Waals surface area contributed by atoms with E-state index in [4.69, 9.17) is 9.15 Å². The van der Waals surface area contributed by atoms with Gasteiger partial charge in [-0.3, -0.25) is 9.79 Å². The highest BCUT2D eigenvalue weighted by Crippen LogP contribution is 2.20. The van der Waals surface area contributed by atoms with Gasteiger partial charge in [-0.1, -0.05) is 0 Å². The molecule has 26 heavy (non-hydrogen) atoms. The molecule has 2 fully saturated rings. The smallest absolute Gasteiger partial charge is 0.225 e. The highest BCUT2D eigenvalue weighted by Gasteiger charge is 2.30. The molecule has 0 saturated carbocycles. The van der Waals surface area contributed by atoms with Crippen LogP contribution < -0.4 is 5.32 Å². The van der Waals surface area contributed by atoms with E-state index in [0.717, 1.165) is 63.7 Å². The quantitative estimate of drug-likeness (QED) is 0.406. The number of guanidine groups is 1. The maximum Gasteiger partial charge on any atom is 0.225 e. The zero-order valence-electron chi connectivity index (χ0n) is 15.4. The second-order valence-electron chi connectivity index (χ2n) is 6.50. The number of nitrogens with one attached hydrogen (secondary N) is 1. The lowest BCUT2D eigenvalue weighted by atomic mass is 9.95. The van der Waals surface area contributed by atoms with E-state index in [1.165, 1.54) is 0 Å². The SMILES string of the molecule is CN=C(NCCc1ccco1)N1CCC(C(=O)N2CCOCC2)CC1.I. The van der Waals surface area contributed by atoms with Crippen molar-refractivity contribution in [3.8, 4) is 0 Å². The number of rotatable bonds is 4. The molecule has 0 bridgehead atoms. The Kier molecular flexibility index (Phi) is 8.70. The molecule has 146 valence electrons. The first-order valence-electron chi connectivity index (χ1n) is 9.12. The number of halogens is 1. The number of amides is 1. The summed E-state index contributed by atoms with van der Waals surface area (Å²) in [5.74, 6) is 2.31. The average Bonchev–Trinajstić information content (AvgIpc) is 3.19. The molecular weight excluding hydrogens is 447 g/mol. The summed E-state index contributed by atoms with van der Waals surface area (Å²) < 4.78 is 10.7. The first-order valence-corrected chi connectivity index (χ1v) is 9.12. The van der Waals surface area contributed by atoms with Crippen molar-refractivity contribution in [1.29, 1.82) is 0 Å². The van der Waals surface area contributed by atoms with Gasteiger partial charge in [0, 0.05) is 52.1 Å². The summed E-state index contributed by atoms with van der Waals surface area (Å²) in [6.07, 6.45) is 4.29. The number of carbonyl (C=O) groups is 1. The highest BCUT2D eigenvalue weighted by atomic mass is 127. The van der Waals surface area contributed by atoms with Crippen molar-refractivity contribution in [2.75, 3.05) is 53.0 Å². The van der Waals surface area contributed by atoms with Crippen LogP contribution in [0.2, 0.25) is 0 Å². The molecule has 2 saturated heterocycles. The van der Waals surface area contributed by atoms with E-state index in [-0.39, 0.29) is 29.9 Å². The van der Waals surface area contributed by atoms with E-state index in [0.29, 0.717) is 19.1 Å². The predicted molar refractivity (Wildman–Crippen MR) is 111 cm³/mol. The van der Waals surface area contributed by atoms with Gasteiger partial charge in [-0.25, -0.2) is 0 Å². The van der Waals surface area contributed by atoms with Crippen molar-refractivity contribution in [2.24, 2.45) is 10.9 Å². The number of likely N-dealkylation sites (tertiary alicyclic amines) is 1. The minimum Gasteiger partial charge on any atom is -0.469 e. The fourth-order valence-corrected chi connectivity index (χ4v) is 3.46. The molecule has 0 radical (unpaired) electrons. The summed E-state index contributed by atoms with van der Waals surface area (Å²) in [4.78, 5) is 21.2. The van der Waals surface area contributed by atoms with Gasteiger partial charge >= 0.3 is 0 Å². The van der Waals surface area contributed by atoms with Crippen LogP contribution >= 0.6 is 24.0 Å². The number of carbonyl (C=O) groups excluding carboxylic acids is 1. The van der Waals surface area contributed by atoms with Crippen LogP contribution in [0.25, 0.3) is 0 Å². The van der Waals surface area contributed by atoms with Gasteiger partial charge in [-0.15, -0.1) is 24.0 Å². The Morgan fingerprint density at radius 2 is 1.96 bits per heavy atom. The van der Waals surface area contributed by atoms with Crippen molar-refractivity contribution >= 4 is 35.8 Å². The standard InChI is InChI=1S/C18H28N4O3.HI/c1-19-18(20-7-4-16-3-2-12-25-16)22-8-5-15(6-9-22)17(23)21-10-13-24-14-11-21;/h2-3,12,15H,4-11,13-14H2,1H3,(H,19,20);1H. The van der Waals surface area contributed by atoms with E-state index in [1.54, 1.807) is 13.3 Å². The molecule has 0 unspecified atom stereocenters. The second-order valence-corrected chi connectivity index (χ2v) is 6.50. The lowest BCUT2D eigenvalue weighted by Gasteiger charge is -2.36. The molecule has 7 nitrogen and oxygen atoms in total. The highest BCUT2D eigenvalue weighted by molar-refractivity contribution is 14.0. The summed E-state index contributed by atoms with van der Waals surface area (Å²) in [5, 5.41) is 3.39. The van der Waals surface area contributed by atoms with Gasteiger partial charge in [0.1, 0.15) is 5.76 Å². The largest absolute Gasteiger partial charge is 0.469 e. The summed E-state index contributed by atoms with van der Waals surface area (Å²) >= 11 is 0. The van der Waals surface area contributed by atoms with Crippen LogP contribution in [0.15, 0.2) is 27.8 Å². The summed E-state index contributed by atoms with van der Waals surface area (Å²) in [5.41, 5.74) is 0. The minimum atomic E-state index is 0. The Morgan fingerprint density at radius 1 is 1.23 bits per heavy atom. The first kappa shape index (κ1) is 21.0. The normalized spacial score (nSPS) is 19.2. The summed E-state index contributed by atoms with van der Waals surface area (Å²) in [6.45, 7) is 5.30. The molecule has 0 spiro atoms. The zero-order valence-corrected chi connectivity index (χ0v) is 17.7. The number of hydrogen-bond acceptors (Lipinski definition) is 4. The lowest BCUT2D eigenvalue weighted by molar-refractivity contribution is -0.140. The van der Waals surface area contributed by atoms with Gasteiger partial charge in [0.15, 0.2) is 5.96 Å². The van der Waals surface area contributed by atoms with Crippen LogP contribution in [-0.4, -0.2) is 74.7 Å². The molecule has 3 rings (SSSR count). The third-order valence-corrected chi connectivity index (χ3v) is 4.91. The fraction of sp³-hybridized carbons (Fsp3) is 0.667. The Labute approximate surface area is 172 Å². The third-order valence-electron chi connectivity index (χ3n) is 4.91. The molecule has 0 aliphatic carbocycles. The minimum absolute atomic E-state index is 0. The number of ether oxygens (including phenoxy) is 1. The first-order chi connectivity index (χ1) is 12.3. The van der Waals surface area contributed by atoms with Gasteiger partial charge in [-0.2, -0.15) is 0 Å². The molecule has 0 aromatic carbocycles. The third kappa shape index (κ3) is 5.60. The summed E-state index contributed by atoms with van der Waals surface area (Å²) in [7, 11) is 1.81. The van der Waals surface area contributed by atoms with E-state index < -0.39 is 0 Å². The molecule has 1 N–H and O–H groups in total. The Bertz CT molecular complexity index is 565. The van der Waals surface area contributed by atoms with E-state index in [9.17, 15) is 4.79 Å². The molecule has 1 aromatic heterocycles. The number of piperidine rings is 1. The summed E-state index contributed by atoms with van der Waals surface area (Å²) in [6, 6.07) is 3.88. The van der Waals surface area contributed by atoms with Crippen LogP contribution in [0.5, 0.6) is 0 Å². The van der Waals surface area contributed by atoms with Gasteiger partial charge in [0.05, 0.1) is 19.5 Å². The molecule has 2 aliphatic heterocycles. The molecule has 3 heterocycles. The molecule has 1 aromatic rings. The van der Waals surface area contributed by atoms with E-state index in [1.807, 2.05) is 17.0 Å². The monoisotopic (exact) mass is 476 g/mol. The number of furan rings is 1.